The van der Waals surface area contributed by atoms with Gasteiger partial charge in [-0.25, -0.2) is 9.97 Å². The zero-order chi connectivity index (χ0) is 12.3. The van der Waals surface area contributed by atoms with Crippen molar-refractivity contribution in [3.8, 4) is 0 Å². The van der Waals surface area contributed by atoms with Gasteiger partial charge >= 0.3 is 0 Å². The van der Waals surface area contributed by atoms with Gasteiger partial charge in [-0.2, -0.15) is 0 Å². The minimum atomic E-state index is -0.356. The highest BCUT2D eigenvalue weighted by atomic mass is 35.5. The molecule has 0 aliphatic rings. The van der Waals surface area contributed by atoms with Crippen molar-refractivity contribution in [2.24, 2.45) is 0 Å². The summed E-state index contributed by atoms with van der Waals surface area (Å²) in [7, 11) is 0. The second-order valence-corrected chi connectivity index (χ2v) is 3.70. The average Bonchev–Trinajstić information content (AvgIpc) is 2.32. The Bertz CT molecular complexity index is 541. The number of amides is 1. The second-order valence-electron chi connectivity index (χ2n) is 3.27. The number of carbonyl (C=O) groups excluding carboxylic acids is 1. The first-order valence-corrected chi connectivity index (χ1v) is 5.18. The summed E-state index contributed by atoms with van der Waals surface area (Å²) in [6, 6.07) is 6.76. The lowest BCUT2D eigenvalue weighted by molar-refractivity contribution is 0.102. The number of rotatable bonds is 2. The summed E-state index contributed by atoms with van der Waals surface area (Å²) in [5, 5.41) is 2.93. The Kier molecular flexibility index (Phi) is 3.20. The van der Waals surface area contributed by atoms with E-state index in [1.165, 1.54) is 12.4 Å². The molecule has 1 heterocycles. The minimum absolute atomic E-state index is 0.183. The van der Waals surface area contributed by atoms with E-state index in [2.05, 4.69) is 15.3 Å². The van der Waals surface area contributed by atoms with Crippen molar-refractivity contribution < 1.29 is 4.79 Å². The highest BCUT2D eigenvalue weighted by Gasteiger charge is 2.10. The van der Waals surface area contributed by atoms with Gasteiger partial charge in [-0.1, -0.05) is 23.7 Å². The maximum atomic E-state index is 11.8. The van der Waals surface area contributed by atoms with Crippen molar-refractivity contribution >= 4 is 29.1 Å². The first kappa shape index (κ1) is 11.3. The van der Waals surface area contributed by atoms with Gasteiger partial charge in [0.25, 0.3) is 5.91 Å². The van der Waals surface area contributed by atoms with Crippen molar-refractivity contribution in [3.05, 3.63) is 47.2 Å². The topological polar surface area (TPSA) is 80.9 Å². The zero-order valence-electron chi connectivity index (χ0n) is 8.72. The summed E-state index contributed by atoms with van der Waals surface area (Å²) in [5.41, 5.74) is 6.46. The maximum absolute atomic E-state index is 11.8. The van der Waals surface area contributed by atoms with Gasteiger partial charge in [-0.05, 0) is 12.1 Å². The van der Waals surface area contributed by atoms with Crippen LogP contribution in [-0.4, -0.2) is 15.9 Å². The molecule has 0 unspecified atom stereocenters. The Labute approximate surface area is 103 Å². The lowest BCUT2D eigenvalue weighted by atomic mass is 10.2. The van der Waals surface area contributed by atoms with Crippen LogP contribution >= 0.6 is 11.6 Å². The molecule has 6 heteroatoms. The van der Waals surface area contributed by atoms with Crippen molar-refractivity contribution in [2.75, 3.05) is 11.1 Å². The molecule has 86 valence electrons. The Morgan fingerprint density at radius 1 is 1.24 bits per heavy atom. The highest BCUT2D eigenvalue weighted by Crippen LogP contribution is 2.12. The van der Waals surface area contributed by atoms with Gasteiger partial charge < -0.3 is 5.73 Å². The van der Waals surface area contributed by atoms with Gasteiger partial charge in [0.1, 0.15) is 0 Å². The molecule has 1 aromatic carbocycles. The van der Waals surface area contributed by atoms with Crippen LogP contribution < -0.4 is 11.1 Å². The lowest BCUT2D eigenvalue weighted by Gasteiger charge is -2.05. The van der Waals surface area contributed by atoms with Crippen molar-refractivity contribution in [3.63, 3.8) is 0 Å². The van der Waals surface area contributed by atoms with Gasteiger partial charge in [-0.15, -0.1) is 0 Å². The Hall–Kier alpha value is -2.14. The molecule has 0 aliphatic heterocycles. The zero-order valence-corrected chi connectivity index (χ0v) is 9.48. The molecule has 0 spiro atoms. The molecule has 5 nitrogen and oxygen atoms in total. The molecule has 0 saturated heterocycles. The van der Waals surface area contributed by atoms with Crippen LogP contribution in [0.2, 0.25) is 5.02 Å². The third-order valence-electron chi connectivity index (χ3n) is 2.05. The summed E-state index contributed by atoms with van der Waals surface area (Å²) in [5.74, 6) is -0.173. The van der Waals surface area contributed by atoms with Crippen LogP contribution in [0.15, 0.2) is 36.7 Å². The molecule has 3 N–H and O–H groups in total. The molecular weight excluding hydrogens is 240 g/mol. The smallest absolute Gasteiger partial charge is 0.260 e. The van der Waals surface area contributed by atoms with Crippen LogP contribution in [0.1, 0.15) is 10.4 Å². The Morgan fingerprint density at radius 3 is 2.53 bits per heavy atom. The largest absolute Gasteiger partial charge is 0.398 e. The first-order chi connectivity index (χ1) is 8.16. The molecular formula is C11H9ClN4O. The number of para-hydroxylation sites is 1. The molecule has 0 fully saturated rings. The first-order valence-electron chi connectivity index (χ1n) is 4.80. The fraction of sp³-hybridized carbons (Fsp3) is 0. The monoisotopic (exact) mass is 248 g/mol. The molecule has 0 bridgehead atoms. The molecule has 1 amide bonds. The predicted octanol–water partition coefficient (Wildman–Crippen LogP) is 1.96. The standard InChI is InChI=1S/C11H9ClN4O/c12-7-5-14-11(15-6-7)16-10(17)8-3-1-2-4-9(8)13/h1-6H,13H2,(H,14,15,16,17). The van der Waals surface area contributed by atoms with E-state index in [-0.39, 0.29) is 11.9 Å². The van der Waals surface area contributed by atoms with E-state index in [9.17, 15) is 4.79 Å². The number of hydrogen-bond donors (Lipinski definition) is 2. The van der Waals surface area contributed by atoms with Gasteiger partial charge in [0.05, 0.1) is 23.0 Å². The fourth-order valence-corrected chi connectivity index (χ4v) is 1.35. The quantitative estimate of drug-likeness (QED) is 0.796. The molecule has 0 atom stereocenters. The number of halogens is 1. The number of carbonyl (C=O) groups is 1. The van der Waals surface area contributed by atoms with Gasteiger partial charge in [-0.3, -0.25) is 10.1 Å². The number of nitrogens with zero attached hydrogens (tertiary/aromatic N) is 2. The summed E-state index contributed by atoms with van der Waals surface area (Å²) in [6.07, 6.45) is 2.80. The van der Waals surface area contributed by atoms with Crippen LogP contribution in [0, 0.1) is 0 Å². The highest BCUT2D eigenvalue weighted by molar-refractivity contribution is 6.30. The summed E-state index contributed by atoms with van der Waals surface area (Å²) in [6.45, 7) is 0. The van der Waals surface area contributed by atoms with E-state index in [1.54, 1.807) is 24.3 Å². The third-order valence-corrected chi connectivity index (χ3v) is 2.25. The summed E-state index contributed by atoms with van der Waals surface area (Å²) >= 11 is 5.63. The molecule has 0 saturated carbocycles. The van der Waals surface area contributed by atoms with Crippen LogP contribution in [-0.2, 0) is 0 Å². The Morgan fingerprint density at radius 2 is 1.88 bits per heavy atom. The molecule has 0 radical (unpaired) electrons. The van der Waals surface area contributed by atoms with Crippen LogP contribution in [0.5, 0.6) is 0 Å². The summed E-state index contributed by atoms with van der Waals surface area (Å²) in [4.78, 5) is 19.5. The molecule has 2 rings (SSSR count). The number of anilines is 2. The molecule has 1 aromatic heterocycles. The normalized spacial score (nSPS) is 9.94. The predicted molar refractivity (Wildman–Crippen MR) is 65.8 cm³/mol. The fourth-order valence-electron chi connectivity index (χ4n) is 1.25. The van der Waals surface area contributed by atoms with E-state index in [4.69, 9.17) is 17.3 Å². The van der Waals surface area contributed by atoms with E-state index >= 15 is 0 Å². The Balaban J connectivity index is 2.17. The van der Waals surface area contributed by atoms with Crippen molar-refractivity contribution in [1.82, 2.24) is 9.97 Å². The number of nitrogens with two attached hydrogens (primary N) is 1. The van der Waals surface area contributed by atoms with Crippen molar-refractivity contribution in [2.45, 2.75) is 0 Å². The summed E-state index contributed by atoms with van der Waals surface area (Å²) < 4.78 is 0. The number of nitrogens with one attached hydrogen (secondary N) is 1. The number of hydrogen-bond acceptors (Lipinski definition) is 4. The average molecular weight is 249 g/mol. The van der Waals surface area contributed by atoms with E-state index in [0.29, 0.717) is 16.3 Å². The van der Waals surface area contributed by atoms with E-state index < -0.39 is 0 Å². The number of nitrogen functional groups attached to an aromatic ring is 1. The van der Waals surface area contributed by atoms with E-state index in [0.717, 1.165) is 0 Å². The van der Waals surface area contributed by atoms with Crippen LogP contribution in [0.3, 0.4) is 0 Å². The maximum Gasteiger partial charge on any atom is 0.260 e. The number of aromatic nitrogens is 2. The minimum Gasteiger partial charge on any atom is -0.398 e. The lowest BCUT2D eigenvalue weighted by Crippen LogP contribution is -2.15. The van der Waals surface area contributed by atoms with Gasteiger partial charge in [0.15, 0.2) is 0 Å². The van der Waals surface area contributed by atoms with Gasteiger partial charge in [0.2, 0.25) is 5.95 Å². The molecule has 17 heavy (non-hydrogen) atoms. The number of benzene rings is 1. The SMILES string of the molecule is Nc1ccccc1C(=O)Nc1ncc(Cl)cn1. The second kappa shape index (κ2) is 4.80. The van der Waals surface area contributed by atoms with Crippen LogP contribution in [0.25, 0.3) is 0 Å². The van der Waals surface area contributed by atoms with Gasteiger partial charge in [0, 0.05) is 5.69 Å². The van der Waals surface area contributed by atoms with Crippen molar-refractivity contribution in [1.29, 1.82) is 0 Å². The molecule has 2 aromatic rings. The third kappa shape index (κ3) is 2.70. The van der Waals surface area contributed by atoms with E-state index in [1.807, 2.05) is 0 Å². The van der Waals surface area contributed by atoms with Crippen LogP contribution in [0.4, 0.5) is 11.6 Å². The molecule has 0 aliphatic carbocycles.